The average molecular weight is 381 g/mol. The third-order valence-corrected chi connectivity index (χ3v) is 4.78. The zero-order chi connectivity index (χ0) is 20.3. The molecule has 1 saturated heterocycles. The number of aromatic hydroxyl groups is 1. The Kier molecular flexibility index (Phi) is 5.66. The minimum atomic E-state index is -1.64. The van der Waals surface area contributed by atoms with E-state index in [4.69, 9.17) is 10.5 Å². The lowest BCUT2D eigenvalue weighted by Crippen LogP contribution is -2.37. The number of benzene rings is 1. The number of nitrogens with zero attached hydrogens (tertiary/aromatic N) is 2. The maximum atomic E-state index is 12.0. The molecule has 3 rings (SSSR count). The van der Waals surface area contributed by atoms with Crippen molar-refractivity contribution in [2.75, 3.05) is 20.3 Å². The van der Waals surface area contributed by atoms with Gasteiger partial charge in [-0.25, -0.2) is 4.98 Å². The number of carbonyl (C=O) groups excluding carboxylic acids is 1. The summed E-state index contributed by atoms with van der Waals surface area (Å²) in [4.78, 5) is 18.1. The first-order valence-electron chi connectivity index (χ1n) is 8.93. The molecule has 0 saturated carbocycles. The summed E-state index contributed by atoms with van der Waals surface area (Å²) in [6.45, 7) is 2.50. The van der Waals surface area contributed by atoms with E-state index in [0.29, 0.717) is 29.1 Å². The third kappa shape index (κ3) is 3.99. The van der Waals surface area contributed by atoms with Crippen LogP contribution in [0.25, 0.3) is 11.3 Å². The predicted molar refractivity (Wildman–Crippen MR) is 104 cm³/mol. The molecular formula is C21H23N3O4. The summed E-state index contributed by atoms with van der Waals surface area (Å²) in [5, 5.41) is 20.6. The average Bonchev–Trinajstić information content (AvgIpc) is 2.95. The molecule has 1 aromatic carbocycles. The van der Waals surface area contributed by atoms with E-state index in [-0.39, 0.29) is 31.4 Å². The Morgan fingerprint density at radius 3 is 2.86 bits per heavy atom. The summed E-state index contributed by atoms with van der Waals surface area (Å²) in [5.41, 5.74) is 6.92. The van der Waals surface area contributed by atoms with Gasteiger partial charge in [0.05, 0.1) is 24.7 Å². The monoisotopic (exact) mass is 381 g/mol. The summed E-state index contributed by atoms with van der Waals surface area (Å²) in [5.74, 6) is 5.32. The number of nitrogens with two attached hydrogens (primary N) is 1. The van der Waals surface area contributed by atoms with E-state index in [9.17, 15) is 15.0 Å². The van der Waals surface area contributed by atoms with Crippen LogP contribution in [-0.4, -0.2) is 51.9 Å². The highest BCUT2D eigenvalue weighted by Crippen LogP contribution is 2.27. The van der Waals surface area contributed by atoms with E-state index < -0.39 is 5.60 Å². The predicted octanol–water partition coefficient (Wildman–Crippen LogP) is 1.14. The van der Waals surface area contributed by atoms with Gasteiger partial charge in [0.1, 0.15) is 5.75 Å². The fourth-order valence-corrected chi connectivity index (χ4v) is 2.99. The van der Waals surface area contributed by atoms with Gasteiger partial charge in [-0.3, -0.25) is 4.79 Å². The quantitative estimate of drug-likeness (QED) is 0.541. The maximum absolute atomic E-state index is 12.0. The first-order valence-corrected chi connectivity index (χ1v) is 8.93. The van der Waals surface area contributed by atoms with Crippen molar-refractivity contribution < 1.29 is 19.7 Å². The molecule has 146 valence electrons. The molecule has 0 unspecified atom stereocenters. The third-order valence-electron chi connectivity index (χ3n) is 4.78. The van der Waals surface area contributed by atoms with Crippen LogP contribution in [0.3, 0.4) is 0 Å². The summed E-state index contributed by atoms with van der Waals surface area (Å²) in [6.07, 6.45) is 0.285. The van der Waals surface area contributed by atoms with Crippen LogP contribution >= 0.6 is 0 Å². The lowest BCUT2D eigenvalue weighted by Gasteiger charge is -2.13. The van der Waals surface area contributed by atoms with Crippen LogP contribution in [0.4, 0.5) is 0 Å². The van der Waals surface area contributed by atoms with Crippen LogP contribution in [0.15, 0.2) is 30.3 Å². The molecule has 0 spiro atoms. The van der Waals surface area contributed by atoms with Gasteiger partial charge < -0.3 is 25.6 Å². The Morgan fingerprint density at radius 1 is 1.39 bits per heavy atom. The van der Waals surface area contributed by atoms with E-state index in [0.717, 1.165) is 5.56 Å². The molecule has 0 radical (unpaired) electrons. The van der Waals surface area contributed by atoms with Crippen LogP contribution in [0.5, 0.6) is 5.75 Å². The molecule has 0 aliphatic carbocycles. The number of likely N-dealkylation sites (N-methyl/N-ethyl adjacent to an activating group) is 1. The van der Waals surface area contributed by atoms with Crippen LogP contribution in [0.1, 0.15) is 23.2 Å². The topological polar surface area (TPSA) is 109 Å². The molecule has 28 heavy (non-hydrogen) atoms. The second kappa shape index (κ2) is 7.98. The zero-order valence-corrected chi connectivity index (χ0v) is 15.9. The normalized spacial score (nSPS) is 18.9. The van der Waals surface area contributed by atoms with E-state index in [1.54, 1.807) is 38.2 Å². The summed E-state index contributed by atoms with van der Waals surface area (Å²) in [7, 11) is 1.64. The second-order valence-electron chi connectivity index (χ2n) is 6.78. The fourth-order valence-electron chi connectivity index (χ4n) is 2.99. The van der Waals surface area contributed by atoms with Gasteiger partial charge in [-0.15, -0.1) is 0 Å². The molecule has 4 N–H and O–H groups in total. The first-order chi connectivity index (χ1) is 13.3. The van der Waals surface area contributed by atoms with Gasteiger partial charge in [0.25, 0.3) is 5.91 Å². The number of amides is 1. The van der Waals surface area contributed by atoms with Gasteiger partial charge in [-0.2, -0.15) is 0 Å². The summed E-state index contributed by atoms with van der Waals surface area (Å²) >= 11 is 0. The van der Waals surface area contributed by atoms with Gasteiger partial charge in [0.2, 0.25) is 5.60 Å². The number of rotatable bonds is 4. The molecule has 1 amide bonds. The van der Waals surface area contributed by atoms with Crippen molar-refractivity contribution in [3.63, 3.8) is 0 Å². The Labute approximate surface area is 163 Å². The van der Waals surface area contributed by atoms with Gasteiger partial charge in [0, 0.05) is 42.8 Å². The Morgan fingerprint density at radius 2 is 2.18 bits per heavy atom. The molecule has 1 fully saturated rings. The standard InChI is InChI=1S/C21H23N3O4/c1-14-18(12-28-13-22)23-17(11-19(14)25)16-5-3-4-15(10-16)6-7-21(27)8-9-24(2)20(21)26/h3-5,10-11,27H,8-9,12-13,22H2,1-2H3,(H,23,25)/t21-/m0/s1. The van der Waals surface area contributed by atoms with Gasteiger partial charge in [-0.05, 0) is 19.1 Å². The number of likely N-dealkylation sites (tertiary alicyclic amines) is 1. The molecular weight excluding hydrogens is 358 g/mol. The summed E-state index contributed by atoms with van der Waals surface area (Å²) in [6, 6.07) is 8.82. The lowest BCUT2D eigenvalue weighted by molar-refractivity contribution is -0.137. The van der Waals surface area contributed by atoms with Crippen molar-refractivity contribution in [2.45, 2.75) is 25.6 Å². The molecule has 1 aromatic heterocycles. The van der Waals surface area contributed by atoms with E-state index in [2.05, 4.69) is 16.8 Å². The van der Waals surface area contributed by atoms with Crippen molar-refractivity contribution >= 4 is 5.91 Å². The minimum absolute atomic E-state index is 0.0635. The first kappa shape index (κ1) is 19.8. The van der Waals surface area contributed by atoms with E-state index in [1.165, 1.54) is 4.90 Å². The largest absolute Gasteiger partial charge is 0.508 e. The molecule has 2 heterocycles. The minimum Gasteiger partial charge on any atom is -0.508 e. The van der Waals surface area contributed by atoms with Crippen LogP contribution in [0.2, 0.25) is 0 Å². The molecule has 1 aliphatic heterocycles. The maximum Gasteiger partial charge on any atom is 0.267 e. The van der Waals surface area contributed by atoms with Crippen LogP contribution in [-0.2, 0) is 16.1 Å². The molecule has 1 atom stereocenters. The molecule has 7 nitrogen and oxygen atoms in total. The SMILES string of the molecule is Cc1c(O)cc(-c2cccc(C#C[C@]3(O)CCN(C)C3=O)c2)nc1COCN. The highest BCUT2D eigenvalue weighted by Gasteiger charge is 2.42. The summed E-state index contributed by atoms with van der Waals surface area (Å²) < 4.78 is 5.21. The van der Waals surface area contributed by atoms with E-state index in [1.807, 2.05) is 6.07 Å². The molecule has 2 aromatic rings. The fraction of sp³-hybridized carbons (Fsp3) is 0.333. The molecule has 1 aliphatic rings. The smallest absolute Gasteiger partial charge is 0.267 e. The Hall–Kier alpha value is -2.92. The highest BCUT2D eigenvalue weighted by atomic mass is 16.5. The van der Waals surface area contributed by atoms with Crippen molar-refractivity contribution in [2.24, 2.45) is 5.73 Å². The Balaban J connectivity index is 1.92. The number of hydrogen-bond acceptors (Lipinski definition) is 6. The number of aliphatic hydroxyl groups is 1. The number of pyridine rings is 1. The number of carbonyl (C=O) groups is 1. The molecule has 7 heteroatoms. The Bertz CT molecular complexity index is 964. The second-order valence-corrected chi connectivity index (χ2v) is 6.78. The van der Waals surface area contributed by atoms with Gasteiger partial charge in [0.15, 0.2) is 0 Å². The van der Waals surface area contributed by atoms with E-state index >= 15 is 0 Å². The number of ether oxygens (including phenoxy) is 1. The van der Waals surface area contributed by atoms with Crippen molar-refractivity contribution in [1.29, 1.82) is 0 Å². The van der Waals surface area contributed by atoms with Crippen molar-refractivity contribution in [1.82, 2.24) is 9.88 Å². The number of hydrogen-bond donors (Lipinski definition) is 3. The molecule has 0 bridgehead atoms. The van der Waals surface area contributed by atoms with Crippen LogP contribution < -0.4 is 5.73 Å². The zero-order valence-electron chi connectivity index (χ0n) is 15.9. The van der Waals surface area contributed by atoms with Crippen LogP contribution in [0, 0.1) is 18.8 Å². The number of aromatic nitrogens is 1. The lowest BCUT2D eigenvalue weighted by atomic mass is 10.0. The van der Waals surface area contributed by atoms with Gasteiger partial charge in [-0.1, -0.05) is 24.0 Å². The van der Waals surface area contributed by atoms with Gasteiger partial charge >= 0.3 is 0 Å². The van der Waals surface area contributed by atoms with Crippen molar-refractivity contribution in [3.8, 4) is 28.8 Å². The van der Waals surface area contributed by atoms with Crippen molar-refractivity contribution in [3.05, 3.63) is 47.2 Å². The highest BCUT2D eigenvalue weighted by molar-refractivity contribution is 5.90.